The number of amides is 3. The van der Waals surface area contributed by atoms with Crippen molar-refractivity contribution in [3.05, 3.63) is 71.3 Å². The molecular weight excluding hydrogens is 512 g/mol. The predicted octanol–water partition coefficient (Wildman–Crippen LogP) is 3.63. The average molecular weight is 543 g/mol. The van der Waals surface area contributed by atoms with Gasteiger partial charge in [0, 0.05) is 31.4 Å². The van der Waals surface area contributed by atoms with Gasteiger partial charge in [-0.3, -0.25) is 14.4 Å². The molecule has 2 fully saturated rings. The number of imide groups is 1. The van der Waals surface area contributed by atoms with Gasteiger partial charge >= 0.3 is 5.97 Å². The van der Waals surface area contributed by atoms with Crippen molar-refractivity contribution in [3.63, 3.8) is 0 Å². The highest BCUT2D eigenvalue weighted by atomic mass is 32.2. The molecule has 0 spiro atoms. The Morgan fingerprint density at radius 1 is 1.00 bits per heavy atom. The van der Waals surface area contributed by atoms with Crippen molar-refractivity contribution in [1.29, 1.82) is 0 Å². The van der Waals surface area contributed by atoms with E-state index in [1.165, 1.54) is 0 Å². The number of aliphatic hydroxyl groups is 1. The van der Waals surface area contributed by atoms with Gasteiger partial charge in [0.15, 0.2) is 0 Å². The van der Waals surface area contributed by atoms with E-state index in [1.54, 1.807) is 47.8 Å². The molecule has 2 aromatic carbocycles. The van der Waals surface area contributed by atoms with Crippen molar-refractivity contribution >= 4 is 47.2 Å². The van der Waals surface area contributed by atoms with Crippen LogP contribution >= 0.6 is 23.5 Å². The number of hydroxylamine groups is 2. The second-order valence-electron chi connectivity index (χ2n) is 9.05. The van der Waals surface area contributed by atoms with Gasteiger partial charge in [-0.2, -0.15) is 0 Å². The van der Waals surface area contributed by atoms with Gasteiger partial charge in [0.2, 0.25) is 0 Å². The summed E-state index contributed by atoms with van der Waals surface area (Å²) in [6.07, 6.45) is 1.43. The lowest BCUT2D eigenvalue weighted by Gasteiger charge is -2.46. The number of hydrogen-bond acceptors (Lipinski definition) is 8. The number of benzene rings is 2. The number of carbonyl (C=O) groups is 4. The van der Waals surface area contributed by atoms with Crippen LogP contribution in [0.4, 0.5) is 0 Å². The SMILES string of the molecule is CC1(C(O)(c2ccccc2)c2ccc(C(=O)NCCCC(=O)ON3C(=O)CCC3=O)cc2)SCCCS1. The zero-order valence-corrected chi connectivity index (χ0v) is 22.2. The van der Waals surface area contributed by atoms with Gasteiger partial charge in [0.25, 0.3) is 17.7 Å². The van der Waals surface area contributed by atoms with Crippen molar-refractivity contribution in [3.8, 4) is 0 Å². The van der Waals surface area contributed by atoms with Crippen LogP contribution in [0.15, 0.2) is 54.6 Å². The van der Waals surface area contributed by atoms with Crippen LogP contribution in [0.3, 0.4) is 0 Å². The molecule has 0 aliphatic carbocycles. The first-order valence-corrected chi connectivity index (χ1v) is 14.2. The number of rotatable bonds is 9. The second-order valence-corrected chi connectivity index (χ2v) is 12.3. The molecule has 0 bridgehead atoms. The topological polar surface area (TPSA) is 113 Å². The van der Waals surface area contributed by atoms with Crippen LogP contribution in [0.2, 0.25) is 0 Å². The fourth-order valence-electron chi connectivity index (χ4n) is 4.42. The van der Waals surface area contributed by atoms with Crippen LogP contribution in [-0.2, 0) is 24.8 Å². The zero-order chi connectivity index (χ0) is 26.5. The molecule has 2 N–H and O–H groups in total. The fraction of sp³-hybridized carbons (Fsp3) is 0.407. The van der Waals surface area contributed by atoms with E-state index in [0.29, 0.717) is 22.6 Å². The third-order valence-corrected chi connectivity index (χ3v) is 9.88. The molecule has 2 aliphatic heterocycles. The molecular formula is C27H30N2O6S2. The van der Waals surface area contributed by atoms with Crippen molar-refractivity contribution in [2.45, 2.75) is 48.7 Å². The summed E-state index contributed by atoms with van der Waals surface area (Å²) in [5.74, 6) is -0.114. The molecule has 3 amide bonds. The molecule has 2 aliphatic rings. The summed E-state index contributed by atoms with van der Waals surface area (Å²) in [4.78, 5) is 52.4. The molecule has 1 unspecified atom stereocenters. The summed E-state index contributed by atoms with van der Waals surface area (Å²) in [6.45, 7) is 2.30. The molecule has 0 saturated carbocycles. The summed E-state index contributed by atoms with van der Waals surface area (Å²) in [5.41, 5.74) is 0.704. The molecule has 8 nitrogen and oxygen atoms in total. The summed E-state index contributed by atoms with van der Waals surface area (Å²) in [5, 5.41) is 15.5. The third-order valence-electron chi connectivity index (χ3n) is 6.50. The van der Waals surface area contributed by atoms with Crippen molar-refractivity contribution < 1.29 is 29.1 Å². The largest absolute Gasteiger partial charge is 0.378 e. The average Bonchev–Trinajstić information content (AvgIpc) is 3.23. The molecule has 2 heterocycles. The smallest absolute Gasteiger partial charge is 0.333 e. The maximum Gasteiger partial charge on any atom is 0.333 e. The Morgan fingerprint density at radius 3 is 2.22 bits per heavy atom. The molecule has 0 radical (unpaired) electrons. The first-order chi connectivity index (χ1) is 17.7. The zero-order valence-electron chi connectivity index (χ0n) is 20.6. The van der Waals surface area contributed by atoms with Crippen molar-refractivity contribution in [2.24, 2.45) is 0 Å². The quantitative estimate of drug-likeness (QED) is 0.365. The Bertz CT molecular complexity index is 1140. The minimum Gasteiger partial charge on any atom is -0.378 e. The minimum absolute atomic E-state index is 0.0423. The Hall–Kier alpha value is -2.82. The van der Waals surface area contributed by atoms with Gasteiger partial charge in [-0.05, 0) is 54.5 Å². The van der Waals surface area contributed by atoms with Crippen molar-refractivity contribution in [2.75, 3.05) is 18.1 Å². The van der Waals surface area contributed by atoms with E-state index >= 15 is 0 Å². The van der Waals surface area contributed by atoms with Gasteiger partial charge in [-0.15, -0.1) is 28.6 Å². The van der Waals surface area contributed by atoms with Crippen LogP contribution in [0.5, 0.6) is 0 Å². The highest BCUT2D eigenvalue weighted by molar-refractivity contribution is 8.18. The standard InChI is InChI=1S/C27H30N2O6S2/c1-26(36-17-6-18-37-26)27(34,20-7-3-2-4-8-20)21-12-10-19(11-13-21)25(33)28-16-5-9-24(32)35-29-22(30)14-15-23(29)31/h2-4,7-8,10-13,34H,5-6,9,14-18H2,1H3,(H,28,33). The van der Waals surface area contributed by atoms with E-state index < -0.39 is 27.5 Å². The highest BCUT2D eigenvalue weighted by Gasteiger charge is 2.51. The number of thioether (sulfide) groups is 2. The van der Waals surface area contributed by atoms with Crippen molar-refractivity contribution in [1.82, 2.24) is 10.4 Å². The molecule has 2 saturated heterocycles. The Balaban J connectivity index is 1.37. The lowest BCUT2D eigenvalue weighted by molar-refractivity contribution is -0.197. The third kappa shape index (κ3) is 5.86. The predicted molar refractivity (Wildman–Crippen MR) is 143 cm³/mol. The summed E-state index contributed by atoms with van der Waals surface area (Å²) in [6, 6.07) is 16.6. The van der Waals surface area contributed by atoms with E-state index in [4.69, 9.17) is 4.84 Å². The van der Waals surface area contributed by atoms with Gasteiger partial charge in [-0.25, -0.2) is 4.79 Å². The maximum absolute atomic E-state index is 12.7. The maximum atomic E-state index is 12.7. The Kier molecular flexibility index (Phi) is 8.61. The normalized spacial score (nSPS) is 18.8. The van der Waals surface area contributed by atoms with Crippen LogP contribution in [0, 0.1) is 0 Å². The summed E-state index contributed by atoms with van der Waals surface area (Å²) < 4.78 is -0.491. The highest BCUT2D eigenvalue weighted by Crippen LogP contribution is 2.55. The van der Waals surface area contributed by atoms with Crippen LogP contribution in [0.1, 0.15) is 60.5 Å². The summed E-state index contributed by atoms with van der Waals surface area (Å²) >= 11 is 3.51. The summed E-state index contributed by atoms with van der Waals surface area (Å²) in [7, 11) is 0. The molecule has 2 aromatic rings. The monoisotopic (exact) mass is 542 g/mol. The Labute approximate surface area is 224 Å². The Morgan fingerprint density at radius 2 is 1.59 bits per heavy atom. The number of hydrogen-bond donors (Lipinski definition) is 2. The van der Waals surface area contributed by atoms with Gasteiger partial charge in [0.1, 0.15) is 5.60 Å². The van der Waals surface area contributed by atoms with Crippen LogP contribution in [-0.4, -0.2) is 56.0 Å². The lowest BCUT2D eigenvalue weighted by atomic mass is 9.83. The molecule has 196 valence electrons. The fourth-order valence-corrected chi connectivity index (χ4v) is 7.68. The molecule has 1 atom stereocenters. The van der Waals surface area contributed by atoms with Gasteiger partial charge in [0.05, 0.1) is 4.08 Å². The van der Waals surface area contributed by atoms with Crippen LogP contribution < -0.4 is 5.32 Å². The number of nitrogens with zero attached hydrogens (tertiary/aromatic N) is 1. The molecule has 0 aromatic heterocycles. The van der Waals surface area contributed by atoms with Gasteiger partial charge in [-0.1, -0.05) is 42.5 Å². The van der Waals surface area contributed by atoms with E-state index in [2.05, 4.69) is 12.2 Å². The number of nitrogens with one attached hydrogen (secondary N) is 1. The van der Waals surface area contributed by atoms with E-state index in [-0.39, 0.29) is 31.7 Å². The molecule has 10 heteroatoms. The lowest BCUT2D eigenvalue weighted by Crippen LogP contribution is -2.47. The molecule has 37 heavy (non-hydrogen) atoms. The molecule has 4 rings (SSSR count). The first kappa shape index (κ1) is 27.2. The van der Waals surface area contributed by atoms with E-state index in [1.807, 2.05) is 30.3 Å². The van der Waals surface area contributed by atoms with E-state index in [9.17, 15) is 24.3 Å². The van der Waals surface area contributed by atoms with E-state index in [0.717, 1.165) is 23.5 Å². The van der Waals surface area contributed by atoms with Gasteiger partial charge < -0.3 is 15.3 Å². The second kappa shape index (κ2) is 11.7. The minimum atomic E-state index is -1.25. The van der Waals surface area contributed by atoms with Crippen LogP contribution in [0.25, 0.3) is 0 Å². The first-order valence-electron chi connectivity index (χ1n) is 12.3. The number of carbonyl (C=O) groups excluding carboxylic acids is 4.